The van der Waals surface area contributed by atoms with E-state index in [1.807, 2.05) is 0 Å². The van der Waals surface area contributed by atoms with Gasteiger partial charge in [0.05, 0.1) is 12.3 Å². The van der Waals surface area contributed by atoms with Gasteiger partial charge in [0, 0.05) is 13.3 Å². The van der Waals surface area contributed by atoms with Crippen molar-refractivity contribution in [3.63, 3.8) is 0 Å². The second-order valence-electron chi connectivity index (χ2n) is 1.98. The van der Waals surface area contributed by atoms with E-state index in [4.69, 9.17) is 4.74 Å². The highest BCUT2D eigenvalue weighted by atomic mass is 16.5. The number of H-pyrrole nitrogens is 1. The van der Waals surface area contributed by atoms with Crippen LogP contribution in [0.15, 0.2) is 12.3 Å². The first-order chi connectivity index (χ1) is 4.84. The van der Waals surface area contributed by atoms with E-state index in [1.165, 1.54) is 0 Å². The first-order valence-corrected chi connectivity index (χ1v) is 3.01. The molecule has 1 aromatic rings. The number of ether oxygens (including phenoxy) is 1. The quantitative estimate of drug-likeness (QED) is 0.628. The maximum atomic E-state index is 9.21. The van der Waals surface area contributed by atoms with Gasteiger partial charge in [0.25, 0.3) is 0 Å². The summed E-state index contributed by atoms with van der Waals surface area (Å²) in [7, 11) is 1.54. The topological polar surface area (TPSA) is 58.1 Å². The molecule has 1 rings (SSSR count). The van der Waals surface area contributed by atoms with Crippen molar-refractivity contribution < 1.29 is 9.84 Å². The van der Waals surface area contributed by atoms with Crippen molar-refractivity contribution in [2.45, 2.75) is 6.10 Å². The minimum atomic E-state index is -0.590. The van der Waals surface area contributed by atoms with Crippen molar-refractivity contribution in [3.8, 4) is 0 Å². The summed E-state index contributed by atoms with van der Waals surface area (Å²) in [4.78, 5) is 0. The Hall–Kier alpha value is -0.870. The van der Waals surface area contributed by atoms with Crippen LogP contribution in [0.1, 0.15) is 11.8 Å². The lowest BCUT2D eigenvalue weighted by Gasteiger charge is -2.04. The van der Waals surface area contributed by atoms with Crippen LogP contribution in [0.3, 0.4) is 0 Å². The molecule has 1 heterocycles. The molecule has 0 spiro atoms. The summed E-state index contributed by atoms with van der Waals surface area (Å²) < 4.78 is 4.73. The van der Waals surface area contributed by atoms with Crippen molar-refractivity contribution in [2.24, 2.45) is 0 Å². The predicted molar refractivity (Wildman–Crippen MR) is 35.4 cm³/mol. The number of rotatable bonds is 3. The Kier molecular flexibility index (Phi) is 2.42. The number of nitrogens with one attached hydrogen (secondary N) is 1. The summed E-state index contributed by atoms with van der Waals surface area (Å²) in [5.74, 6) is 0. The maximum absolute atomic E-state index is 9.21. The molecule has 0 radical (unpaired) electrons. The predicted octanol–water partition coefficient (Wildman–Crippen LogP) is 0.0895. The molecule has 0 saturated carbocycles. The minimum absolute atomic E-state index is 0.294. The van der Waals surface area contributed by atoms with Crippen molar-refractivity contribution in [1.29, 1.82) is 0 Å². The Morgan fingerprint density at radius 1 is 1.90 bits per heavy atom. The van der Waals surface area contributed by atoms with Crippen molar-refractivity contribution in [2.75, 3.05) is 13.7 Å². The molecule has 0 amide bonds. The zero-order valence-corrected chi connectivity index (χ0v) is 5.74. The van der Waals surface area contributed by atoms with E-state index < -0.39 is 6.10 Å². The second kappa shape index (κ2) is 3.34. The number of hydrogen-bond donors (Lipinski definition) is 2. The zero-order chi connectivity index (χ0) is 7.40. The monoisotopic (exact) mass is 142 g/mol. The van der Waals surface area contributed by atoms with Gasteiger partial charge in [-0.05, 0) is 6.07 Å². The lowest BCUT2D eigenvalue weighted by Crippen LogP contribution is -2.05. The van der Waals surface area contributed by atoms with Gasteiger partial charge in [0.1, 0.15) is 6.10 Å². The molecule has 0 aromatic carbocycles. The smallest absolute Gasteiger partial charge is 0.119 e. The van der Waals surface area contributed by atoms with Crippen molar-refractivity contribution in [1.82, 2.24) is 10.2 Å². The van der Waals surface area contributed by atoms with Crippen molar-refractivity contribution in [3.05, 3.63) is 18.0 Å². The van der Waals surface area contributed by atoms with Gasteiger partial charge in [-0.3, -0.25) is 5.10 Å². The van der Waals surface area contributed by atoms with Crippen LogP contribution in [-0.4, -0.2) is 29.0 Å². The van der Waals surface area contributed by atoms with Gasteiger partial charge in [-0.15, -0.1) is 0 Å². The molecule has 10 heavy (non-hydrogen) atoms. The third-order valence-electron chi connectivity index (χ3n) is 1.21. The van der Waals surface area contributed by atoms with Gasteiger partial charge in [-0.25, -0.2) is 0 Å². The van der Waals surface area contributed by atoms with E-state index in [1.54, 1.807) is 19.4 Å². The number of hydrogen-bond acceptors (Lipinski definition) is 3. The highest BCUT2D eigenvalue weighted by Crippen LogP contribution is 2.07. The van der Waals surface area contributed by atoms with Crippen LogP contribution in [0.25, 0.3) is 0 Å². The van der Waals surface area contributed by atoms with Gasteiger partial charge in [0.15, 0.2) is 0 Å². The minimum Gasteiger partial charge on any atom is -0.384 e. The Balaban J connectivity index is 2.50. The lowest BCUT2D eigenvalue weighted by atomic mass is 10.3. The molecule has 1 atom stereocenters. The molecule has 0 aliphatic carbocycles. The van der Waals surface area contributed by atoms with Crippen LogP contribution >= 0.6 is 0 Å². The van der Waals surface area contributed by atoms with Crippen molar-refractivity contribution >= 4 is 0 Å². The first kappa shape index (κ1) is 7.24. The average Bonchev–Trinajstić information content (AvgIpc) is 2.38. The van der Waals surface area contributed by atoms with Gasteiger partial charge >= 0.3 is 0 Å². The number of aromatic amines is 1. The molecular weight excluding hydrogens is 132 g/mol. The van der Waals surface area contributed by atoms with Crippen LogP contribution in [0.4, 0.5) is 0 Å². The third-order valence-corrected chi connectivity index (χ3v) is 1.21. The fourth-order valence-electron chi connectivity index (χ4n) is 0.700. The largest absolute Gasteiger partial charge is 0.384 e. The normalized spacial score (nSPS) is 13.4. The number of methoxy groups -OCH3 is 1. The van der Waals surface area contributed by atoms with Gasteiger partial charge in [-0.1, -0.05) is 0 Å². The first-order valence-electron chi connectivity index (χ1n) is 3.01. The van der Waals surface area contributed by atoms with Crippen LogP contribution in [0.5, 0.6) is 0 Å². The van der Waals surface area contributed by atoms with E-state index in [-0.39, 0.29) is 0 Å². The summed E-state index contributed by atoms with van der Waals surface area (Å²) in [5, 5.41) is 15.5. The third kappa shape index (κ3) is 1.55. The highest BCUT2D eigenvalue weighted by Gasteiger charge is 2.06. The van der Waals surface area contributed by atoms with E-state index in [0.717, 1.165) is 0 Å². The van der Waals surface area contributed by atoms with E-state index in [0.29, 0.717) is 12.3 Å². The Morgan fingerprint density at radius 3 is 3.20 bits per heavy atom. The number of aliphatic hydroxyl groups excluding tert-OH is 1. The molecule has 2 N–H and O–H groups in total. The summed E-state index contributed by atoms with van der Waals surface area (Å²) in [5.41, 5.74) is 0.682. The highest BCUT2D eigenvalue weighted by molar-refractivity contribution is 5.01. The van der Waals surface area contributed by atoms with E-state index >= 15 is 0 Å². The zero-order valence-electron chi connectivity index (χ0n) is 5.74. The molecule has 1 aromatic heterocycles. The summed E-state index contributed by atoms with van der Waals surface area (Å²) in [6.45, 7) is 0.294. The van der Waals surface area contributed by atoms with Gasteiger partial charge < -0.3 is 9.84 Å². The molecule has 0 aliphatic rings. The Bertz CT molecular complexity index is 174. The van der Waals surface area contributed by atoms with Gasteiger partial charge in [0.2, 0.25) is 0 Å². The molecule has 56 valence electrons. The van der Waals surface area contributed by atoms with Crippen LogP contribution in [0.2, 0.25) is 0 Å². The molecule has 0 saturated heterocycles. The van der Waals surface area contributed by atoms with E-state index in [9.17, 15) is 5.11 Å². The van der Waals surface area contributed by atoms with E-state index in [2.05, 4.69) is 10.2 Å². The Labute approximate surface area is 58.8 Å². The second-order valence-corrected chi connectivity index (χ2v) is 1.98. The molecule has 1 unspecified atom stereocenters. The van der Waals surface area contributed by atoms with Crippen LogP contribution in [0, 0.1) is 0 Å². The SMILES string of the molecule is COCC(O)c1ccn[nH]1. The fourth-order valence-corrected chi connectivity index (χ4v) is 0.700. The molecule has 0 aliphatic heterocycles. The number of nitrogens with zero attached hydrogens (tertiary/aromatic N) is 1. The number of aromatic nitrogens is 2. The van der Waals surface area contributed by atoms with Crippen LogP contribution in [-0.2, 0) is 4.74 Å². The summed E-state index contributed by atoms with van der Waals surface area (Å²) >= 11 is 0. The maximum Gasteiger partial charge on any atom is 0.119 e. The molecule has 0 fully saturated rings. The lowest BCUT2D eigenvalue weighted by molar-refractivity contribution is 0.0617. The summed E-state index contributed by atoms with van der Waals surface area (Å²) in [6.07, 6.45) is 1.00. The van der Waals surface area contributed by atoms with Gasteiger partial charge in [-0.2, -0.15) is 5.10 Å². The molecular formula is C6H10N2O2. The molecule has 4 heteroatoms. The fraction of sp³-hybridized carbons (Fsp3) is 0.500. The summed E-state index contributed by atoms with van der Waals surface area (Å²) in [6, 6.07) is 1.71. The Morgan fingerprint density at radius 2 is 2.70 bits per heavy atom. The number of aliphatic hydroxyl groups is 1. The average molecular weight is 142 g/mol. The molecule has 0 bridgehead atoms. The molecule has 4 nitrogen and oxygen atoms in total. The standard InChI is InChI=1S/C6H10N2O2/c1-10-4-6(9)5-2-3-7-8-5/h2-3,6,9H,4H2,1H3,(H,7,8). The van der Waals surface area contributed by atoms with Crippen LogP contribution < -0.4 is 0 Å².